The van der Waals surface area contributed by atoms with Crippen LogP contribution in [0.5, 0.6) is 5.75 Å². The van der Waals surface area contributed by atoms with Gasteiger partial charge in [-0.15, -0.1) is 0 Å². The van der Waals surface area contributed by atoms with Crippen LogP contribution >= 0.6 is 0 Å². The Kier molecular flexibility index (Phi) is 5.83. The number of hydrogen-bond donors (Lipinski definition) is 1. The van der Waals surface area contributed by atoms with Crippen LogP contribution in [0.3, 0.4) is 0 Å². The zero-order chi connectivity index (χ0) is 14.9. The van der Waals surface area contributed by atoms with Gasteiger partial charge in [0.15, 0.2) is 0 Å². The van der Waals surface area contributed by atoms with Gasteiger partial charge in [0.25, 0.3) is 0 Å². The highest BCUT2D eigenvalue weighted by atomic mass is 16.5. The van der Waals surface area contributed by atoms with E-state index in [1.165, 1.54) is 11.1 Å². The molecule has 21 heavy (non-hydrogen) atoms. The fourth-order valence-electron chi connectivity index (χ4n) is 2.06. The second kappa shape index (κ2) is 8.10. The van der Waals surface area contributed by atoms with Gasteiger partial charge in [0.05, 0.1) is 0 Å². The first kappa shape index (κ1) is 15.1. The van der Waals surface area contributed by atoms with Crippen molar-refractivity contribution in [1.29, 1.82) is 0 Å². The summed E-state index contributed by atoms with van der Waals surface area (Å²) < 4.78 is 5.22. The zero-order valence-electron chi connectivity index (χ0n) is 12.3. The molecule has 2 rings (SSSR count). The molecule has 0 fully saturated rings. The minimum absolute atomic E-state index is 0.396. The fraction of sp³-hybridized carbons (Fsp3) is 0.278. The van der Waals surface area contributed by atoms with Crippen LogP contribution in [0.2, 0.25) is 0 Å². The van der Waals surface area contributed by atoms with Crippen molar-refractivity contribution in [1.82, 2.24) is 5.32 Å². The number of ether oxygens (including phenoxy) is 1. The fourth-order valence-corrected chi connectivity index (χ4v) is 2.06. The molecule has 0 heterocycles. The molecule has 0 aliphatic heterocycles. The van der Waals surface area contributed by atoms with Gasteiger partial charge in [0.1, 0.15) is 5.75 Å². The molecule has 0 unspecified atom stereocenters. The van der Waals surface area contributed by atoms with E-state index >= 15 is 0 Å². The van der Waals surface area contributed by atoms with Crippen LogP contribution in [0.15, 0.2) is 54.6 Å². The predicted molar refractivity (Wildman–Crippen MR) is 84.6 cm³/mol. The Morgan fingerprint density at radius 2 is 1.71 bits per heavy atom. The van der Waals surface area contributed by atoms with Crippen LogP contribution < -0.4 is 10.1 Å². The van der Waals surface area contributed by atoms with Crippen LogP contribution in [0.1, 0.15) is 24.5 Å². The first-order chi connectivity index (χ1) is 10.3. The number of rotatable bonds is 6. The van der Waals surface area contributed by atoms with Crippen LogP contribution in [0, 0.1) is 0 Å². The van der Waals surface area contributed by atoms with Crippen molar-refractivity contribution in [3.05, 3.63) is 65.7 Å². The lowest BCUT2D eigenvalue weighted by Crippen LogP contribution is -2.27. The van der Waals surface area contributed by atoms with Gasteiger partial charge in [-0.3, -0.25) is 0 Å². The van der Waals surface area contributed by atoms with Gasteiger partial charge in [-0.25, -0.2) is 4.79 Å². The molecule has 1 N–H and O–H groups in total. The molecule has 0 aliphatic rings. The SMILES string of the molecule is CCc1ccc(OC(=O)NCCCc2ccccc2)cc1. The Hall–Kier alpha value is -2.29. The molecule has 110 valence electrons. The summed E-state index contributed by atoms with van der Waals surface area (Å²) in [7, 11) is 0. The molecular weight excluding hydrogens is 262 g/mol. The van der Waals surface area contributed by atoms with Gasteiger partial charge >= 0.3 is 6.09 Å². The number of amides is 1. The summed E-state index contributed by atoms with van der Waals surface area (Å²) in [6.45, 7) is 2.70. The molecule has 3 nitrogen and oxygen atoms in total. The molecule has 0 radical (unpaired) electrons. The van der Waals surface area contributed by atoms with Crippen molar-refractivity contribution in [3.8, 4) is 5.75 Å². The third kappa shape index (κ3) is 5.30. The zero-order valence-corrected chi connectivity index (χ0v) is 12.3. The van der Waals surface area contributed by atoms with E-state index in [9.17, 15) is 4.79 Å². The normalized spacial score (nSPS) is 10.1. The Labute approximate surface area is 126 Å². The Morgan fingerprint density at radius 3 is 2.38 bits per heavy atom. The molecule has 0 spiro atoms. The van der Waals surface area contributed by atoms with Crippen molar-refractivity contribution in [2.75, 3.05) is 6.54 Å². The van der Waals surface area contributed by atoms with Crippen LogP contribution in [0.4, 0.5) is 4.79 Å². The van der Waals surface area contributed by atoms with Crippen molar-refractivity contribution < 1.29 is 9.53 Å². The molecule has 0 aromatic heterocycles. The minimum Gasteiger partial charge on any atom is -0.410 e. The van der Waals surface area contributed by atoms with Crippen molar-refractivity contribution in [3.63, 3.8) is 0 Å². The van der Waals surface area contributed by atoms with Crippen LogP contribution in [-0.2, 0) is 12.8 Å². The average molecular weight is 283 g/mol. The smallest absolute Gasteiger partial charge is 0.410 e. The monoisotopic (exact) mass is 283 g/mol. The first-order valence-corrected chi connectivity index (χ1v) is 7.36. The Morgan fingerprint density at radius 1 is 1.00 bits per heavy atom. The Balaban J connectivity index is 1.67. The first-order valence-electron chi connectivity index (χ1n) is 7.36. The van der Waals surface area contributed by atoms with E-state index in [2.05, 4.69) is 24.4 Å². The molecule has 2 aromatic carbocycles. The number of hydrogen-bond acceptors (Lipinski definition) is 2. The number of carbonyl (C=O) groups is 1. The summed E-state index contributed by atoms with van der Waals surface area (Å²) in [5.41, 5.74) is 2.51. The largest absolute Gasteiger partial charge is 0.412 e. The molecular formula is C18H21NO2. The van der Waals surface area contributed by atoms with Gasteiger partial charge in [0.2, 0.25) is 0 Å². The maximum absolute atomic E-state index is 11.6. The molecule has 1 amide bonds. The van der Waals surface area contributed by atoms with Gasteiger partial charge in [-0.05, 0) is 42.5 Å². The summed E-state index contributed by atoms with van der Waals surface area (Å²) >= 11 is 0. The molecule has 2 aromatic rings. The lowest BCUT2D eigenvalue weighted by molar-refractivity contribution is 0.200. The lowest BCUT2D eigenvalue weighted by Gasteiger charge is -2.07. The summed E-state index contributed by atoms with van der Waals surface area (Å²) in [6, 6.07) is 17.8. The van der Waals surface area contributed by atoms with Gasteiger partial charge in [-0.2, -0.15) is 0 Å². The van der Waals surface area contributed by atoms with Gasteiger partial charge < -0.3 is 10.1 Å². The number of nitrogens with one attached hydrogen (secondary N) is 1. The second-order valence-electron chi connectivity index (χ2n) is 4.90. The molecule has 0 saturated carbocycles. The molecule has 0 aliphatic carbocycles. The van der Waals surface area contributed by atoms with Gasteiger partial charge in [-0.1, -0.05) is 49.4 Å². The highest BCUT2D eigenvalue weighted by molar-refractivity contribution is 5.70. The quantitative estimate of drug-likeness (QED) is 0.815. The van der Waals surface area contributed by atoms with E-state index in [1.54, 1.807) is 0 Å². The maximum atomic E-state index is 11.6. The van der Waals surface area contributed by atoms with E-state index < -0.39 is 6.09 Å². The number of aryl methyl sites for hydroxylation is 2. The molecule has 0 atom stereocenters. The summed E-state index contributed by atoms with van der Waals surface area (Å²) in [6.07, 6.45) is 2.43. The second-order valence-corrected chi connectivity index (χ2v) is 4.90. The molecule has 0 bridgehead atoms. The van der Waals surface area contributed by atoms with Crippen molar-refractivity contribution >= 4 is 6.09 Å². The van der Waals surface area contributed by atoms with Crippen molar-refractivity contribution in [2.24, 2.45) is 0 Å². The van der Waals surface area contributed by atoms with E-state index in [4.69, 9.17) is 4.74 Å². The maximum Gasteiger partial charge on any atom is 0.412 e. The summed E-state index contributed by atoms with van der Waals surface area (Å²) in [5.74, 6) is 0.577. The Bertz CT molecular complexity index is 549. The van der Waals surface area contributed by atoms with E-state index in [1.807, 2.05) is 42.5 Å². The number of benzene rings is 2. The highest BCUT2D eigenvalue weighted by Crippen LogP contribution is 2.12. The third-order valence-electron chi connectivity index (χ3n) is 3.30. The minimum atomic E-state index is -0.396. The summed E-state index contributed by atoms with van der Waals surface area (Å²) in [4.78, 5) is 11.6. The third-order valence-corrected chi connectivity index (χ3v) is 3.30. The van der Waals surface area contributed by atoms with Crippen molar-refractivity contribution in [2.45, 2.75) is 26.2 Å². The van der Waals surface area contributed by atoms with Crippen LogP contribution in [0.25, 0.3) is 0 Å². The standard InChI is InChI=1S/C18H21NO2/c1-2-15-10-12-17(13-11-15)21-18(20)19-14-6-9-16-7-4-3-5-8-16/h3-5,7-8,10-13H,2,6,9,14H2,1H3,(H,19,20). The molecule has 3 heteroatoms. The lowest BCUT2D eigenvalue weighted by atomic mass is 10.1. The summed E-state index contributed by atoms with van der Waals surface area (Å²) in [5, 5.41) is 2.77. The van der Waals surface area contributed by atoms with Gasteiger partial charge in [0, 0.05) is 6.54 Å². The van der Waals surface area contributed by atoms with E-state index in [0.29, 0.717) is 12.3 Å². The average Bonchev–Trinajstić information content (AvgIpc) is 2.53. The number of carbonyl (C=O) groups excluding carboxylic acids is 1. The highest BCUT2D eigenvalue weighted by Gasteiger charge is 2.03. The van der Waals surface area contributed by atoms with E-state index in [-0.39, 0.29) is 0 Å². The topological polar surface area (TPSA) is 38.3 Å². The molecule has 0 saturated heterocycles. The van der Waals surface area contributed by atoms with E-state index in [0.717, 1.165) is 19.3 Å². The van der Waals surface area contributed by atoms with Crippen LogP contribution in [-0.4, -0.2) is 12.6 Å². The predicted octanol–water partition coefficient (Wildman–Crippen LogP) is 3.97.